The Hall–Kier alpha value is -0.310. The molecule has 0 aromatic carbocycles. The average Bonchev–Trinajstić information content (AvgIpc) is 2.75. The highest BCUT2D eigenvalue weighted by Crippen LogP contribution is 2.43. The summed E-state index contributed by atoms with van der Waals surface area (Å²) in [6.45, 7) is 4.28. The van der Waals surface area contributed by atoms with Gasteiger partial charge in [0.25, 0.3) is 4.80 Å². The first-order valence-electron chi connectivity index (χ1n) is 4.34. The van der Waals surface area contributed by atoms with E-state index < -0.39 is 0 Å². The minimum absolute atomic E-state index is 0.444. The summed E-state index contributed by atoms with van der Waals surface area (Å²) in [5.74, 6) is 2.18. The van der Waals surface area contributed by atoms with Gasteiger partial charge in [-0.25, -0.2) is 4.98 Å². The van der Waals surface area contributed by atoms with Crippen molar-refractivity contribution in [3.05, 3.63) is 16.3 Å². The van der Waals surface area contributed by atoms with Crippen LogP contribution in [0, 0.1) is 0 Å². The van der Waals surface area contributed by atoms with Crippen LogP contribution in [0.25, 0.3) is 0 Å². The van der Waals surface area contributed by atoms with Crippen LogP contribution < -0.4 is 0 Å². The highest BCUT2D eigenvalue weighted by Gasteiger charge is 2.31. The molecule has 66 valence electrons. The maximum atomic E-state index is 5.48. The first-order valence-corrected chi connectivity index (χ1v) is 5.14. The van der Waals surface area contributed by atoms with Crippen LogP contribution in [0.1, 0.15) is 50.0 Å². The molecule has 3 heteroatoms. The van der Waals surface area contributed by atoms with E-state index in [1.807, 2.05) is 0 Å². The number of hydrogen-bond donors (Lipinski definition) is 0. The van der Waals surface area contributed by atoms with Crippen LogP contribution >= 0.6 is 15.9 Å². The summed E-state index contributed by atoms with van der Waals surface area (Å²) in [5, 5.41) is 0. The maximum Gasteiger partial charge on any atom is 0.264 e. The van der Waals surface area contributed by atoms with Gasteiger partial charge in [-0.15, -0.1) is 0 Å². The van der Waals surface area contributed by atoms with Crippen molar-refractivity contribution in [2.75, 3.05) is 0 Å². The summed E-state index contributed by atoms with van der Waals surface area (Å²) in [4.78, 5) is 4.98. The lowest BCUT2D eigenvalue weighted by atomic mass is 10.1. The smallest absolute Gasteiger partial charge is 0.264 e. The van der Waals surface area contributed by atoms with Crippen LogP contribution in [-0.4, -0.2) is 4.98 Å². The molecule has 0 spiro atoms. The van der Waals surface area contributed by atoms with E-state index in [0.29, 0.717) is 16.6 Å². The third-order valence-electron chi connectivity index (χ3n) is 2.14. The molecule has 0 amide bonds. The number of halogens is 1. The molecule has 0 atom stereocenters. The lowest BCUT2D eigenvalue weighted by Crippen LogP contribution is -1.90. The largest absolute Gasteiger partial charge is 0.436 e. The van der Waals surface area contributed by atoms with E-state index in [4.69, 9.17) is 4.42 Å². The lowest BCUT2D eigenvalue weighted by Gasteiger charge is -2.00. The molecule has 2 nitrogen and oxygen atoms in total. The van der Waals surface area contributed by atoms with Crippen LogP contribution in [0.15, 0.2) is 9.22 Å². The van der Waals surface area contributed by atoms with Gasteiger partial charge in [0.1, 0.15) is 5.76 Å². The second kappa shape index (κ2) is 2.87. The van der Waals surface area contributed by atoms with Gasteiger partial charge in [-0.3, -0.25) is 0 Å². The Morgan fingerprint density at radius 1 is 1.50 bits per heavy atom. The summed E-state index contributed by atoms with van der Waals surface area (Å²) in [6, 6.07) is 0. The Balaban J connectivity index is 2.36. The first-order chi connectivity index (χ1) is 5.68. The van der Waals surface area contributed by atoms with Crippen molar-refractivity contribution in [1.82, 2.24) is 4.98 Å². The van der Waals surface area contributed by atoms with Crippen LogP contribution in [0.4, 0.5) is 0 Å². The van der Waals surface area contributed by atoms with Gasteiger partial charge >= 0.3 is 0 Å². The molecule has 0 radical (unpaired) electrons. The Morgan fingerprint density at radius 3 is 2.67 bits per heavy atom. The summed E-state index contributed by atoms with van der Waals surface area (Å²) in [6.07, 6.45) is 2.55. The third kappa shape index (κ3) is 1.42. The predicted molar refractivity (Wildman–Crippen MR) is 50.3 cm³/mol. The first kappa shape index (κ1) is 8.30. The number of oxazole rings is 1. The maximum absolute atomic E-state index is 5.48. The summed E-state index contributed by atoms with van der Waals surface area (Å²) in [5.41, 5.74) is 1.18. The molecule has 1 aromatic rings. The zero-order chi connectivity index (χ0) is 8.72. The standard InChI is InChI=1S/C9H12BrNO/c1-5(2)8-7(6-3-4-6)11-9(10)12-8/h5-6H,3-4H2,1-2H3. The van der Waals surface area contributed by atoms with Crippen LogP contribution in [0.3, 0.4) is 0 Å². The van der Waals surface area contributed by atoms with Crippen molar-refractivity contribution in [3.63, 3.8) is 0 Å². The molecule has 0 saturated heterocycles. The van der Waals surface area contributed by atoms with Gasteiger partial charge in [-0.2, -0.15) is 0 Å². The molecule has 0 unspecified atom stereocenters. The Morgan fingerprint density at radius 2 is 2.17 bits per heavy atom. The van der Waals surface area contributed by atoms with Crippen molar-refractivity contribution >= 4 is 15.9 Å². The van der Waals surface area contributed by atoms with Crippen molar-refractivity contribution in [2.45, 2.75) is 38.5 Å². The molecule has 0 bridgehead atoms. The minimum atomic E-state index is 0.444. The molecule has 1 saturated carbocycles. The van der Waals surface area contributed by atoms with Crippen molar-refractivity contribution in [2.24, 2.45) is 0 Å². The second-order valence-corrected chi connectivity index (χ2v) is 4.32. The van der Waals surface area contributed by atoms with E-state index in [1.54, 1.807) is 0 Å². The molecule has 1 aliphatic carbocycles. The third-order valence-corrected chi connectivity index (χ3v) is 2.48. The van der Waals surface area contributed by atoms with E-state index >= 15 is 0 Å². The molecule has 1 heterocycles. The van der Waals surface area contributed by atoms with Gasteiger partial charge in [0.05, 0.1) is 5.69 Å². The van der Waals surface area contributed by atoms with Crippen molar-refractivity contribution < 1.29 is 4.42 Å². The fourth-order valence-corrected chi connectivity index (χ4v) is 1.74. The molecule has 0 N–H and O–H groups in total. The highest BCUT2D eigenvalue weighted by molar-refractivity contribution is 9.10. The lowest BCUT2D eigenvalue weighted by molar-refractivity contribution is 0.458. The Bertz CT molecular complexity index is 269. The van der Waals surface area contributed by atoms with Crippen molar-refractivity contribution in [3.8, 4) is 0 Å². The molecular formula is C9H12BrNO. The highest BCUT2D eigenvalue weighted by atomic mass is 79.9. The number of aromatic nitrogens is 1. The van der Waals surface area contributed by atoms with E-state index in [9.17, 15) is 0 Å². The normalized spacial score (nSPS) is 17.3. The topological polar surface area (TPSA) is 26.0 Å². The molecule has 2 rings (SSSR count). The van der Waals surface area contributed by atoms with E-state index in [-0.39, 0.29) is 0 Å². The number of hydrogen-bond acceptors (Lipinski definition) is 2. The molecule has 12 heavy (non-hydrogen) atoms. The zero-order valence-corrected chi connectivity index (χ0v) is 8.89. The van der Waals surface area contributed by atoms with E-state index in [1.165, 1.54) is 18.5 Å². The Labute approximate surface area is 80.5 Å². The molecule has 0 aliphatic heterocycles. The SMILES string of the molecule is CC(C)c1oc(Br)nc1C1CC1. The number of rotatable bonds is 2. The van der Waals surface area contributed by atoms with Gasteiger partial charge in [0, 0.05) is 27.8 Å². The molecule has 1 fully saturated rings. The van der Waals surface area contributed by atoms with Gasteiger partial charge in [-0.1, -0.05) is 13.8 Å². The van der Waals surface area contributed by atoms with Crippen LogP contribution in [-0.2, 0) is 0 Å². The van der Waals surface area contributed by atoms with Gasteiger partial charge in [0.15, 0.2) is 0 Å². The van der Waals surface area contributed by atoms with Gasteiger partial charge in [-0.05, 0) is 12.8 Å². The zero-order valence-electron chi connectivity index (χ0n) is 7.30. The fourth-order valence-electron chi connectivity index (χ4n) is 1.38. The van der Waals surface area contributed by atoms with Crippen molar-refractivity contribution in [1.29, 1.82) is 0 Å². The van der Waals surface area contributed by atoms with Gasteiger partial charge in [0.2, 0.25) is 0 Å². The predicted octanol–water partition coefficient (Wildman–Crippen LogP) is 3.44. The average molecular weight is 230 g/mol. The fraction of sp³-hybridized carbons (Fsp3) is 0.667. The monoisotopic (exact) mass is 229 g/mol. The van der Waals surface area contributed by atoms with E-state index in [0.717, 1.165) is 5.76 Å². The van der Waals surface area contributed by atoms with Gasteiger partial charge < -0.3 is 4.42 Å². The van der Waals surface area contributed by atoms with Crippen LogP contribution in [0.2, 0.25) is 0 Å². The summed E-state index contributed by atoms with van der Waals surface area (Å²) in [7, 11) is 0. The quantitative estimate of drug-likeness (QED) is 0.777. The Kier molecular flexibility index (Phi) is 1.99. The summed E-state index contributed by atoms with van der Waals surface area (Å²) < 4.78 is 5.48. The minimum Gasteiger partial charge on any atom is -0.436 e. The van der Waals surface area contributed by atoms with Crippen LogP contribution in [0.5, 0.6) is 0 Å². The second-order valence-electron chi connectivity index (χ2n) is 3.65. The molecular weight excluding hydrogens is 218 g/mol. The number of nitrogens with zero attached hydrogens (tertiary/aromatic N) is 1. The summed E-state index contributed by atoms with van der Waals surface area (Å²) >= 11 is 3.27. The molecule has 1 aromatic heterocycles. The van der Waals surface area contributed by atoms with E-state index in [2.05, 4.69) is 34.8 Å². The molecule has 1 aliphatic rings.